The number of hydrogen-bond donors (Lipinski definition) is 1. The second-order valence-corrected chi connectivity index (χ2v) is 5.79. The van der Waals surface area contributed by atoms with E-state index in [0.29, 0.717) is 11.4 Å². The second-order valence-electron chi connectivity index (χ2n) is 4.81. The zero-order valence-corrected chi connectivity index (χ0v) is 12.4. The van der Waals surface area contributed by atoms with Crippen molar-refractivity contribution in [3.63, 3.8) is 0 Å². The molecule has 1 aromatic carbocycles. The van der Waals surface area contributed by atoms with Gasteiger partial charge in [0.05, 0.1) is 5.69 Å². The molecule has 0 atom stereocenters. The number of aryl methyl sites for hydroxylation is 1. The standard InChI is InChI=1S/C15H16FN3S/c1-3-17-15-11-7-20-8-13(11)18-14(19-15)10-4-5-12(16)9(2)6-10/h4-6H,3,7-8H2,1-2H3,(H,17,18,19). The third-order valence-corrected chi connectivity index (χ3v) is 4.31. The normalized spacial score (nSPS) is 13.3. The van der Waals surface area contributed by atoms with Crippen LogP contribution in [0.2, 0.25) is 0 Å². The summed E-state index contributed by atoms with van der Waals surface area (Å²) in [6, 6.07) is 5.01. The van der Waals surface area contributed by atoms with Gasteiger partial charge >= 0.3 is 0 Å². The first-order chi connectivity index (χ1) is 9.69. The van der Waals surface area contributed by atoms with E-state index in [1.165, 1.54) is 11.6 Å². The average molecular weight is 289 g/mol. The van der Waals surface area contributed by atoms with Crippen LogP contribution in [0.1, 0.15) is 23.7 Å². The zero-order valence-electron chi connectivity index (χ0n) is 11.5. The molecular weight excluding hydrogens is 273 g/mol. The SMILES string of the molecule is CCNc1nc(-c2ccc(F)c(C)c2)nc2c1CSC2. The van der Waals surface area contributed by atoms with Gasteiger partial charge in [-0.1, -0.05) is 0 Å². The highest BCUT2D eigenvalue weighted by Crippen LogP contribution is 2.34. The Morgan fingerprint density at radius 3 is 2.90 bits per heavy atom. The molecule has 3 nitrogen and oxygen atoms in total. The van der Waals surface area contributed by atoms with Crippen molar-refractivity contribution < 1.29 is 4.39 Å². The highest BCUT2D eigenvalue weighted by molar-refractivity contribution is 7.98. The highest BCUT2D eigenvalue weighted by Gasteiger charge is 2.20. The Morgan fingerprint density at radius 1 is 1.30 bits per heavy atom. The lowest BCUT2D eigenvalue weighted by molar-refractivity contribution is 0.618. The number of aromatic nitrogens is 2. The predicted octanol–water partition coefficient (Wildman–Crippen LogP) is 3.77. The summed E-state index contributed by atoms with van der Waals surface area (Å²) in [5.74, 6) is 3.27. The van der Waals surface area contributed by atoms with Gasteiger partial charge in [-0.2, -0.15) is 11.8 Å². The second kappa shape index (κ2) is 5.40. The summed E-state index contributed by atoms with van der Waals surface area (Å²) in [6.45, 7) is 4.64. The van der Waals surface area contributed by atoms with Crippen LogP contribution in [0.15, 0.2) is 18.2 Å². The smallest absolute Gasteiger partial charge is 0.161 e. The first-order valence-electron chi connectivity index (χ1n) is 6.67. The topological polar surface area (TPSA) is 37.8 Å². The first kappa shape index (κ1) is 13.4. The van der Waals surface area contributed by atoms with Gasteiger partial charge in [0, 0.05) is 29.2 Å². The molecule has 2 heterocycles. The van der Waals surface area contributed by atoms with Crippen molar-refractivity contribution in [2.75, 3.05) is 11.9 Å². The van der Waals surface area contributed by atoms with Gasteiger partial charge in [-0.05, 0) is 37.6 Å². The molecule has 0 fully saturated rings. The molecule has 104 valence electrons. The molecule has 0 unspecified atom stereocenters. The van der Waals surface area contributed by atoms with Crippen molar-refractivity contribution >= 4 is 17.6 Å². The summed E-state index contributed by atoms with van der Waals surface area (Å²) in [6.07, 6.45) is 0. The molecule has 0 saturated heterocycles. The maximum Gasteiger partial charge on any atom is 0.161 e. The van der Waals surface area contributed by atoms with Crippen LogP contribution in [0.25, 0.3) is 11.4 Å². The predicted molar refractivity (Wildman–Crippen MR) is 81.3 cm³/mol. The molecular formula is C15H16FN3S. The fraction of sp³-hybridized carbons (Fsp3) is 0.333. The number of anilines is 1. The van der Waals surface area contributed by atoms with Crippen LogP contribution in [-0.2, 0) is 11.5 Å². The monoisotopic (exact) mass is 289 g/mol. The van der Waals surface area contributed by atoms with Crippen LogP contribution >= 0.6 is 11.8 Å². The van der Waals surface area contributed by atoms with Gasteiger partial charge in [-0.25, -0.2) is 14.4 Å². The van der Waals surface area contributed by atoms with Crippen LogP contribution in [0.3, 0.4) is 0 Å². The zero-order chi connectivity index (χ0) is 14.1. The number of halogens is 1. The Morgan fingerprint density at radius 2 is 2.15 bits per heavy atom. The fourth-order valence-electron chi connectivity index (χ4n) is 2.28. The molecule has 1 aromatic heterocycles. The van der Waals surface area contributed by atoms with Gasteiger partial charge in [-0.3, -0.25) is 0 Å². The molecule has 0 amide bonds. The van der Waals surface area contributed by atoms with Crippen molar-refractivity contribution in [2.45, 2.75) is 25.4 Å². The summed E-state index contributed by atoms with van der Waals surface area (Å²) >= 11 is 1.85. The lowest BCUT2D eigenvalue weighted by Gasteiger charge is -2.11. The molecule has 20 heavy (non-hydrogen) atoms. The molecule has 0 spiro atoms. The summed E-state index contributed by atoms with van der Waals surface area (Å²) in [7, 11) is 0. The van der Waals surface area contributed by atoms with E-state index in [4.69, 9.17) is 0 Å². The Hall–Kier alpha value is -1.62. The van der Waals surface area contributed by atoms with Crippen molar-refractivity contribution in [2.24, 2.45) is 0 Å². The van der Waals surface area contributed by atoms with Crippen molar-refractivity contribution in [1.82, 2.24) is 9.97 Å². The molecule has 0 bridgehead atoms. The highest BCUT2D eigenvalue weighted by atomic mass is 32.2. The Kier molecular flexibility index (Phi) is 3.61. The number of thioether (sulfide) groups is 1. The largest absolute Gasteiger partial charge is 0.370 e. The Balaban J connectivity index is 2.09. The van der Waals surface area contributed by atoms with E-state index in [2.05, 4.69) is 22.2 Å². The van der Waals surface area contributed by atoms with Crippen LogP contribution < -0.4 is 5.32 Å². The van der Waals surface area contributed by atoms with Crippen LogP contribution in [0, 0.1) is 12.7 Å². The van der Waals surface area contributed by atoms with Gasteiger partial charge in [0.15, 0.2) is 5.82 Å². The minimum atomic E-state index is -0.197. The van der Waals surface area contributed by atoms with E-state index in [0.717, 1.165) is 35.1 Å². The molecule has 1 aliphatic rings. The molecule has 2 aromatic rings. The van der Waals surface area contributed by atoms with Crippen molar-refractivity contribution in [3.05, 3.63) is 40.8 Å². The number of hydrogen-bond acceptors (Lipinski definition) is 4. The van der Waals surface area contributed by atoms with E-state index in [1.807, 2.05) is 11.8 Å². The van der Waals surface area contributed by atoms with E-state index in [9.17, 15) is 4.39 Å². The summed E-state index contributed by atoms with van der Waals surface area (Å²) < 4.78 is 13.4. The quantitative estimate of drug-likeness (QED) is 0.933. The molecule has 5 heteroatoms. The average Bonchev–Trinajstić information content (AvgIpc) is 2.90. The van der Waals surface area contributed by atoms with E-state index >= 15 is 0 Å². The summed E-state index contributed by atoms with van der Waals surface area (Å²) in [4.78, 5) is 9.26. The van der Waals surface area contributed by atoms with Crippen LogP contribution in [-0.4, -0.2) is 16.5 Å². The van der Waals surface area contributed by atoms with Gasteiger partial charge in [-0.15, -0.1) is 0 Å². The number of benzene rings is 1. The number of nitrogens with zero attached hydrogens (tertiary/aromatic N) is 2. The van der Waals surface area contributed by atoms with Crippen molar-refractivity contribution in [1.29, 1.82) is 0 Å². The molecule has 0 saturated carbocycles. The number of nitrogens with one attached hydrogen (secondary N) is 1. The van der Waals surface area contributed by atoms with Crippen LogP contribution in [0.5, 0.6) is 0 Å². The van der Waals surface area contributed by atoms with Gasteiger partial charge in [0.2, 0.25) is 0 Å². The molecule has 1 aliphatic heterocycles. The maximum atomic E-state index is 13.4. The molecule has 0 aliphatic carbocycles. The third-order valence-electron chi connectivity index (χ3n) is 3.34. The fourth-order valence-corrected chi connectivity index (χ4v) is 3.32. The number of fused-ring (bicyclic) bond motifs is 1. The van der Waals surface area contributed by atoms with E-state index in [-0.39, 0.29) is 5.82 Å². The van der Waals surface area contributed by atoms with Crippen LogP contribution in [0.4, 0.5) is 10.2 Å². The molecule has 3 rings (SSSR count). The lowest BCUT2D eigenvalue weighted by atomic mass is 10.1. The Labute approximate surface area is 122 Å². The lowest BCUT2D eigenvalue weighted by Crippen LogP contribution is -2.06. The minimum Gasteiger partial charge on any atom is -0.370 e. The molecule has 1 N–H and O–H groups in total. The van der Waals surface area contributed by atoms with E-state index < -0.39 is 0 Å². The minimum absolute atomic E-state index is 0.197. The third kappa shape index (κ3) is 2.38. The van der Waals surface area contributed by atoms with Gasteiger partial charge in [0.1, 0.15) is 11.6 Å². The summed E-state index contributed by atoms with van der Waals surface area (Å²) in [5.41, 5.74) is 3.78. The summed E-state index contributed by atoms with van der Waals surface area (Å²) in [5, 5.41) is 3.31. The van der Waals surface area contributed by atoms with Crippen molar-refractivity contribution in [3.8, 4) is 11.4 Å². The molecule has 0 radical (unpaired) electrons. The Bertz CT molecular complexity index is 658. The maximum absolute atomic E-state index is 13.4. The first-order valence-corrected chi connectivity index (χ1v) is 7.82. The number of rotatable bonds is 3. The van der Waals surface area contributed by atoms with Gasteiger partial charge in [0.25, 0.3) is 0 Å². The van der Waals surface area contributed by atoms with E-state index in [1.54, 1.807) is 19.1 Å². The van der Waals surface area contributed by atoms with Gasteiger partial charge < -0.3 is 5.32 Å².